The van der Waals surface area contributed by atoms with E-state index in [0.29, 0.717) is 6.42 Å². The quantitative estimate of drug-likeness (QED) is 0.581. The van der Waals surface area contributed by atoms with Crippen LogP contribution in [0, 0.1) is 0 Å². The Kier molecular flexibility index (Phi) is 4.53. The second kappa shape index (κ2) is 4.64. The van der Waals surface area contributed by atoms with Crippen LogP contribution in [0.4, 0.5) is 0 Å². The van der Waals surface area contributed by atoms with Crippen molar-refractivity contribution in [3.63, 3.8) is 0 Å². The van der Waals surface area contributed by atoms with Crippen LogP contribution in [0.2, 0.25) is 0 Å². The van der Waals surface area contributed by atoms with E-state index in [4.69, 9.17) is 10.2 Å². The normalized spacial score (nSPS) is 13.1. The summed E-state index contributed by atoms with van der Waals surface area (Å²) in [6.07, 6.45) is 0.863. The number of hydrogen-bond donors (Lipinski definition) is 2. The molecule has 0 heterocycles. The van der Waals surface area contributed by atoms with Gasteiger partial charge in [0.15, 0.2) is 0 Å². The zero-order valence-electron chi connectivity index (χ0n) is 5.33. The fraction of sp³-hybridized carbons (Fsp3) is 0.800. The van der Waals surface area contributed by atoms with Crippen LogP contribution in [0.5, 0.6) is 0 Å². The maximum absolute atomic E-state index is 9.97. The van der Waals surface area contributed by atoms with Gasteiger partial charge in [0.1, 0.15) is 0 Å². The monoisotopic (exact) mass is 149 g/mol. The number of rotatable bonds is 4. The predicted octanol–water partition coefficient (Wildman–Crippen LogP) is 0.847. The van der Waals surface area contributed by atoms with E-state index in [1.165, 1.54) is 11.9 Å². The first kappa shape index (κ1) is 8.78. The average Bonchev–Trinajstić information content (AvgIpc) is 1.83. The summed E-state index contributed by atoms with van der Waals surface area (Å²) in [6, 6.07) is 0. The van der Waals surface area contributed by atoms with Crippen molar-refractivity contribution in [1.82, 2.24) is 0 Å². The molecule has 0 aliphatic carbocycles. The molecule has 0 aromatic carbocycles. The van der Waals surface area contributed by atoms with Gasteiger partial charge < -0.3 is 5.11 Å². The summed E-state index contributed by atoms with van der Waals surface area (Å²) in [5.74, 6) is -0.754. The van der Waals surface area contributed by atoms with E-state index in [1.54, 1.807) is 0 Å². The van der Waals surface area contributed by atoms with Crippen LogP contribution < -0.4 is 5.14 Å². The standard InChI is InChI=1S/C5H11NO2S/c1-4(9-6)2-3-5(7)8/h4H,2-3,6H2,1H3,(H,7,8). The molecule has 9 heavy (non-hydrogen) atoms. The number of carboxylic acids is 1. The Morgan fingerprint density at radius 2 is 2.44 bits per heavy atom. The molecule has 3 N–H and O–H groups in total. The molecule has 1 unspecified atom stereocenters. The van der Waals surface area contributed by atoms with Crippen molar-refractivity contribution in [1.29, 1.82) is 0 Å². The van der Waals surface area contributed by atoms with Gasteiger partial charge in [-0.3, -0.25) is 9.93 Å². The van der Waals surface area contributed by atoms with Crippen molar-refractivity contribution in [2.75, 3.05) is 0 Å². The smallest absolute Gasteiger partial charge is 0.303 e. The Morgan fingerprint density at radius 1 is 1.89 bits per heavy atom. The zero-order chi connectivity index (χ0) is 7.28. The van der Waals surface area contributed by atoms with Crippen LogP contribution >= 0.6 is 11.9 Å². The second-order valence-corrected chi connectivity index (χ2v) is 2.96. The van der Waals surface area contributed by atoms with E-state index in [0.717, 1.165) is 0 Å². The topological polar surface area (TPSA) is 63.3 Å². The van der Waals surface area contributed by atoms with Gasteiger partial charge in [-0.05, 0) is 6.42 Å². The summed E-state index contributed by atoms with van der Waals surface area (Å²) in [5.41, 5.74) is 0. The lowest BCUT2D eigenvalue weighted by Gasteiger charge is -2.02. The van der Waals surface area contributed by atoms with Gasteiger partial charge in [0.2, 0.25) is 0 Å². The molecule has 0 aliphatic heterocycles. The lowest BCUT2D eigenvalue weighted by atomic mass is 10.2. The fourth-order valence-electron chi connectivity index (χ4n) is 0.395. The molecule has 0 aliphatic rings. The number of nitrogens with two attached hydrogens (primary N) is 1. The first-order valence-electron chi connectivity index (χ1n) is 2.74. The van der Waals surface area contributed by atoms with Crippen molar-refractivity contribution in [2.24, 2.45) is 5.14 Å². The molecule has 0 bridgehead atoms. The van der Waals surface area contributed by atoms with Crippen molar-refractivity contribution in [2.45, 2.75) is 25.0 Å². The van der Waals surface area contributed by atoms with Gasteiger partial charge in [0, 0.05) is 11.7 Å². The number of hydrogen-bond acceptors (Lipinski definition) is 3. The molecule has 0 fully saturated rings. The van der Waals surface area contributed by atoms with Gasteiger partial charge in [-0.15, -0.1) is 0 Å². The summed E-state index contributed by atoms with van der Waals surface area (Å²) >= 11 is 1.20. The van der Waals surface area contributed by atoms with Crippen molar-refractivity contribution in [3.8, 4) is 0 Å². The summed E-state index contributed by atoms with van der Waals surface area (Å²) in [7, 11) is 0. The van der Waals surface area contributed by atoms with E-state index in [2.05, 4.69) is 0 Å². The molecular weight excluding hydrogens is 138 g/mol. The van der Waals surface area contributed by atoms with E-state index in [9.17, 15) is 4.79 Å². The molecule has 54 valence electrons. The second-order valence-electron chi connectivity index (χ2n) is 1.88. The molecule has 0 radical (unpaired) electrons. The third kappa shape index (κ3) is 5.65. The van der Waals surface area contributed by atoms with Gasteiger partial charge in [-0.2, -0.15) is 0 Å². The molecule has 3 nitrogen and oxygen atoms in total. The lowest BCUT2D eigenvalue weighted by Crippen LogP contribution is -2.04. The Morgan fingerprint density at radius 3 is 2.78 bits per heavy atom. The number of aliphatic carboxylic acids is 1. The molecule has 0 rings (SSSR count). The molecule has 0 saturated heterocycles. The molecule has 0 saturated carbocycles. The summed E-state index contributed by atoms with van der Waals surface area (Å²) in [5, 5.41) is 13.6. The van der Waals surface area contributed by atoms with Gasteiger partial charge in [0.25, 0.3) is 0 Å². The van der Waals surface area contributed by atoms with Crippen LogP contribution in [0.15, 0.2) is 0 Å². The Hall–Kier alpha value is -0.220. The Labute approximate surface area is 58.8 Å². The first-order chi connectivity index (χ1) is 4.16. The van der Waals surface area contributed by atoms with Crippen molar-refractivity contribution < 1.29 is 9.90 Å². The van der Waals surface area contributed by atoms with Crippen LogP contribution in [0.1, 0.15) is 19.8 Å². The molecule has 4 heteroatoms. The highest BCUT2D eigenvalue weighted by molar-refractivity contribution is 7.97. The van der Waals surface area contributed by atoms with E-state index in [-0.39, 0.29) is 11.7 Å². The van der Waals surface area contributed by atoms with E-state index < -0.39 is 5.97 Å². The third-order valence-corrected chi connectivity index (χ3v) is 1.70. The maximum atomic E-state index is 9.97. The van der Waals surface area contributed by atoms with Crippen LogP contribution in [-0.4, -0.2) is 16.3 Å². The van der Waals surface area contributed by atoms with Crippen molar-refractivity contribution >= 4 is 17.9 Å². The number of carboxylic acid groups (broad SMARTS) is 1. The number of carbonyl (C=O) groups is 1. The Bertz CT molecular complexity index is 97.0. The first-order valence-corrected chi connectivity index (χ1v) is 3.68. The van der Waals surface area contributed by atoms with E-state index in [1.807, 2.05) is 6.92 Å². The largest absolute Gasteiger partial charge is 0.481 e. The maximum Gasteiger partial charge on any atom is 0.303 e. The minimum Gasteiger partial charge on any atom is -0.481 e. The Balaban J connectivity index is 3.16. The van der Waals surface area contributed by atoms with Crippen LogP contribution in [-0.2, 0) is 4.79 Å². The SMILES string of the molecule is CC(CCC(=O)O)SN. The molecular formula is C5H11NO2S. The minimum absolute atomic E-state index is 0.214. The fourth-order valence-corrected chi connectivity index (χ4v) is 0.649. The third-order valence-electron chi connectivity index (χ3n) is 0.997. The lowest BCUT2D eigenvalue weighted by molar-refractivity contribution is -0.137. The highest BCUT2D eigenvalue weighted by atomic mass is 32.2. The predicted molar refractivity (Wildman–Crippen MR) is 38.1 cm³/mol. The van der Waals surface area contributed by atoms with Gasteiger partial charge in [-0.1, -0.05) is 18.9 Å². The summed E-state index contributed by atoms with van der Waals surface area (Å²) < 4.78 is 0. The molecule has 0 aromatic rings. The average molecular weight is 149 g/mol. The summed E-state index contributed by atoms with van der Waals surface area (Å²) in [4.78, 5) is 9.97. The zero-order valence-corrected chi connectivity index (χ0v) is 6.15. The van der Waals surface area contributed by atoms with Crippen LogP contribution in [0.25, 0.3) is 0 Å². The van der Waals surface area contributed by atoms with Crippen molar-refractivity contribution in [3.05, 3.63) is 0 Å². The molecule has 0 amide bonds. The highest BCUT2D eigenvalue weighted by Gasteiger charge is 2.02. The van der Waals surface area contributed by atoms with Gasteiger partial charge in [-0.25, -0.2) is 0 Å². The van der Waals surface area contributed by atoms with E-state index >= 15 is 0 Å². The van der Waals surface area contributed by atoms with Crippen LogP contribution in [0.3, 0.4) is 0 Å². The molecule has 0 spiro atoms. The van der Waals surface area contributed by atoms with Gasteiger partial charge in [0.05, 0.1) is 0 Å². The molecule has 0 aromatic heterocycles. The van der Waals surface area contributed by atoms with Gasteiger partial charge >= 0.3 is 5.97 Å². The summed E-state index contributed by atoms with van der Waals surface area (Å²) in [6.45, 7) is 1.91. The molecule has 1 atom stereocenters. The minimum atomic E-state index is -0.754. The highest BCUT2D eigenvalue weighted by Crippen LogP contribution is 2.07.